The molecule has 3 rings (SSSR count). The SMILES string of the molecule is Cc1cnc(Nc2cn[nH]c2)nc1-c1ccc(S(N)(=O)=O)cc1. The molecule has 0 saturated carbocycles. The van der Waals surface area contributed by atoms with E-state index >= 15 is 0 Å². The minimum atomic E-state index is -3.71. The molecule has 8 nitrogen and oxygen atoms in total. The monoisotopic (exact) mass is 330 g/mol. The Labute approximate surface area is 132 Å². The van der Waals surface area contributed by atoms with E-state index in [4.69, 9.17) is 5.14 Å². The van der Waals surface area contributed by atoms with E-state index in [1.54, 1.807) is 30.7 Å². The van der Waals surface area contributed by atoms with Crippen molar-refractivity contribution in [2.75, 3.05) is 5.32 Å². The average Bonchev–Trinajstić information content (AvgIpc) is 3.01. The van der Waals surface area contributed by atoms with Crippen molar-refractivity contribution in [1.82, 2.24) is 20.2 Å². The highest BCUT2D eigenvalue weighted by molar-refractivity contribution is 7.89. The van der Waals surface area contributed by atoms with Gasteiger partial charge in [-0.3, -0.25) is 5.10 Å². The van der Waals surface area contributed by atoms with Gasteiger partial charge in [0.05, 0.1) is 22.5 Å². The first-order valence-corrected chi connectivity index (χ1v) is 8.21. The van der Waals surface area contributed by atoms with Gasteiger partial charge in [0, 0.05) is 18.0 Å². The second-order valence-electron chi connectivity index (χ2n) is 4.91. The number of aromatic amines is 1. The fraction of sp³-hybridized carbons (Fsp3) is 0.0714. The summed E-state index contributed by atoms with van der Waals surface area (Å²) in [7, 11) is -3.71. The number of nitrogens with one attached hydrogen (secondary N) is 2. The number of hydrogen-bond acceptors (Lipinski definition) is 6. The maximum absolute atomic E-state index is 11.3. The van der Waals surface area contributed by atoms with Crippen LogP contribution in [0.1, 0.15) is 5.56 Å². The van der Waals surface area contributed by atoms with Crippen LogP contribution < -0.4 is 10.5 Å². The Kier molecular flexibility index (Phi) is 3.80. The summed E-state index contributed by atoms with van der Waals surface area (Å²) in [5.74, 6) is 0.419. The molecule has 0 saturated heterocycles. The summed E-state index contributed by atoms with van der Waals surface area (Å²) in [6.07, 6.45) is 4.99. The number of hydrogen-bond donors (Lipinski definition) is 3. The third-order valence-corrected chi connectivity index (χ3v) is 4.11. The lowest BCUT2D eigenvalue weighted by atomic mass is 10.1. The molecule has 2 heterocycles. The molecule has 0 aliphatic heterocycles. The van der Waals surface area contributed by atoms with E-state index in [0.717, 1.165) is 16.8 Å². The summed E-state index contributed by atoms with van der Waals surface area (Å²) in [5.41, 5.74) is 3.08. The fourth-order valence-electron chi connectivity index (χ4n) is 2.05. The van der Waals surface area contributed by atoms with Crippen molar-refractivity contribution in [2.24, 2.45) is 5.14 Å². The van der Waals surface area contributed by atoms with Crippen LogP contribution in [0.4, 0.5) is 11.6 Å². The van der Waals surface area contributed by atoms with Crippen LogP contribution in [-0.4, -0.2) is 28.6 Å². The molecule has 2 aromatic heterocycles. The first-order chi connectivity index (χ1) is 10.9. The highest BCUT2D eigenvalue weighted by Crippen LogP contribution is 2.24. The van der Waals surface area contributed by atoms with Crippen molar-refractivity contribution >= 4 is 21.7 Å². The number of H-pyrrole nitrogens is 1. The van der Waals surface area contributed by atoms with Gasteiger partial charge >= 0.3 is 0 Å². The summed E-state index contributed by atoms with van der Waals surface area (Å²) in [5, 5.41) is 14.7. The normalized spacial score (nSPS) is 11.4. The van der Waals surface area contributed by atoms with Crippen molar-refractivity contribution in [3.05, 3.63) is 48.4 Å². The molecule has 0 fully saturated rings. The zero-order valence-electron chi connectivity index (χ0n) is 12.2. The molecule has 0 spiro atoms. The van der Waals surface area contributed by atoms with Gasteiger partial charge in [0.25, 0.3) is 0 Å². The summed E-state index contributed by atoms with van der Waals surface area (Å²) in [6, 6.07) is 6.23. The number of rotatable bonds is 4. The van der Waals surface area contributed by atoms with Crippen LogP contribution in [0, 0.1) is 6.92 Å². The number of primary sulfonamides is 1. The second kappa shape index (κ2) is 5.78. The standard InChI is InChI=1S/C14H14N6O2S/c1-9-6-16-14(19-11-7-17-18-8-11)20-13(9)10-2-4-12(5-3-10)23(15,21)22/h2-8H,1H3,(H,17,18)(H2,15,21,22)(H,16,19,20). The van der Waals surface area contributed by atoms with Gasteiger partial charge < -0.3 is 5.32 Å². The Morgan fingerprint density at radius 2 is 1.91 bits per heavy atom. The van der Waals surface area contributed by atoms with Crippen molar-refractivity contribution in [3.63, 3.8) is 0 Å². The maximum Gasteiger partial charge on any atom is 0.238 e. The van der Waals surface area contributed by atoms with E-state index in [1.165, 1.54) is 12.1 Å². The minimum absolute atomic E-state index is 0.0599. The van der Waals surface area contributed by atoms with Crippen molar-refractivity contribution in [3.8, 4) is 11.3 Å². The first-order valence-electron chi connectivity index (χ1n) is 6.66. The smallest absolute Gasteiger partial charge is 0.238 e. The molecular weight excluding hydrogens is 316 g/mol. The van der Waals surface area contributed by atoms with Crippen LogP contribution in [0.3, 0.4) is 0 Å². The number of sulfonamides is 1. The van der Waals surface area contributed by atoms with Crippen molar-refractivity contribution < 1.29 is 8.42 Å². The van der Waals surface area contributed by atoms with Crippen molar-refractivity contribution in [2.45, 2.75) is 11.8 Å². The predicted octanol–water partition coefficient (Wildman–Crippen LogP) is 1.57. The van der Waals surface area contributed by atoms with E-state index in [0.29, 0.717) is 11.6 Å². The molecule has 0 atom stereocenters. The molecular formula is C14H14N6O2S. The lowest BCUT2D eigenvalue weighted by Crippen LogP contribution is -2.11. The number of nitrogens with two attached hydrogens (primary N) is 1. The molecule has 0 unspecified atom stereocenters. The molecule has 9 heteroatoms. The van der Waals surface area contributed by atoms with Crippen LogP contribution in [0.5, 0.6) is 0 Å². The first kappa shape index (κ1) is 15.1. The number of aromatic nitrogens is 4. The highest BCUT2D eigenvalue weighted by Gasteiger charge is 2.10. The van der Waals surface area contributed by atoms with Gasteiger partial charge in [0.2, 0.25) is 16.0 Å². The van der Waals surface area contributed by atoms with Crippen LogP contribution >= 0.6 is 0 Å². The second-order valence-corrected chi connectivity index (χ2v) is 6.47. The molecule has 3 aromatic rings. The number of aryl methyl sites for hydroxylation is 1. The molecule has 0 aliphatic rings. The number of benzene rings is 1. The molecule has 0 bridgehead atoms. The Morgan fingerprint density at radius 3 is 2.52 bits per heavy atom. The third kappa shape index (κ3) is 3.35. The Balaban J connectivity index is 1.95. The Hall–Kier alpha value is -2.78. The van der Waals surface area contributed by atoms with E-state index in [-0.39, 0.29) is 4.90 Å². The molecule has 118 valence electrons. The molecule has 23 heavy (non-hydrogen) atoms. The molecule has 1 aromatic carbocycles. The van der Waals surface area contributed by atoms with E-state index in [2.05, 4.69) is 25.5 Å². The summed E-state index contributed by atoms with van der Waals surface area (Å²) < 4.78 is 22.6. The molecule has 0 aliphatic carbocycles. The maximum atomic E-state index is 11.3. The zero-order chi connectivity index (χ0) is 16.4. The van der Waals surface area contributed by atoms with Gasteiger partial charge in [-0.25, -0.2) is 23.5 Å². The Bertz CT molecular complexity index is 920. The lowest BCUT2D eigenvalue weighted by Gasteiger charge is -2.08. The van der Waals surface area contributed by atoms with Crippen molar-refractivity contribution in [1.29, 1.82) is 0 Å². The summed E-state index contributed by atoms with van der Waals surface area (Å²) in [6.45, 7) is 1.88. The van der Waals surface area contributed by atoms with Crippen LogP contribution in [0.25, 0.3) is 11.3 Å². The van der Waals surface area contributed by atoms with E-state index in [1.807, 2.05) is 6.92 Å². The quantitative estimate of drug-likeness (QED) is 0.666. The molecule has 4 N–H and O–H groups in total. The van der Waals surface area contributed by atoms with Gasteiger partial charge in [-0.05, 0) is 24.6 Å². The van der Waals surface area contributed by atoms with Crippen LogP contribution in [-0.2, 0) is 10.0 Å². The number of nitrogens with zero attached hydrogens (tertiary/aromatic N) is 3. The summed E-state index contributed by atoms with van der Waals surface area (Å²) in [4.78, 5) is 8.74. The third-order valence-electron chi connectivity index (χ3n) is 3.18. The predicted molar refractivity (Wildman–Crippen MR) is 85.4 cm³/mol. The zero-order valence-corrected chi connectivity index (χ0v) is 13.0. The Morgan fingerprint density at radius 1 is 1.17 bits per heavy atom. The fourth-order valence-corrected chi connectivity index (χ4v) is 2.56. The summed E-state index contributed by atoms with van der Waals surface area (Å²) >= 11 is 0. The van der Waals surface area contributed by atoms with Gasteiger partial charge in [0.1, 0.15) is 0 Å². The van der Waals surface area contributed by atoms with Gasteiger partial charge in [0.15, 0.2) is 0 Å². The minimum Gasteiger partial charge on any atom is -0.321 e. The largest absolute Gasteiger partial charge is 0.321 e. The van der Waals surface area contributed by atoms with E-state index in [9.17, 15) is 8.42 Å². The van der Waals surface area contributed by atoms with Gasteiger partial charge in [-0.15, -0.1) is 0 Å². The molecule has 0 radical (unpaired) electrons. The van der Waals surface area contributed by atoms with Crippen LogP contribution in [0.2, 0.25) is 0 Å². The lowest BCUT2D eigenvalue weighted by molar-refractivity contribution is 0.598. The molecule has 0 amide bonds. The number of anilines is 2. The highest BCUT2D eigenvalue weighted by atomic mass is 32.2. The van der Waals surface area contributed by atoms with Crippen LogP contribution in [0.15, 0.2) is 47.8 Å². The van der Waals surface area contributed by atoms with Gasteiger partial charge in [-0.2, -0.15) is 5.10 Å². The van der Waals surface area contributed by atoms with E-state index < -0.39 is 10.0 Å². The average molecular weight is 330 g/mol. The van der Waals surface area contributed by atoms with Gasteiger partial charge in [-0.1, -0.05) is 12.1 Å². The topological polar surface area (TPSA) is 127 Å².